The predicted molar refractivity (Wildman–Crippen MR) is 63.6 cm³/mol. The Bertz CT molecular complexity index is 340. The third-order valence-electron chi connectivity index (χ3n) is 1.81. The van der Waals surface area contributed by atoms with Gasteiger partial charge in [0.25, 0.3) is 0 Å². The molecule has 0 spiro atoms. The summed E-state index contributed by atoms with van der Waals surface area (Å²) in [5, 5.41) is 0.695. The van der Waals surface area contributed by atoms with Crippen molar-refractivity contribution in [1.82, 2.24) is 10.9 Å². The molecule has 1 aromatic carbocycles. The van der Waals surface area contributed by atoms with Gasteiger partial charge in [-0.3, -0.25) is 15.6 Å². The first-order valence-corrected chi connectivity index (χ1v) is 5.16. The van der Waals surface area contributed by atoms with Gasteiger partial charge in [0, 0.05) is 11.4 Å². The van der Waals surface area contributed by atoms with Crippen LogP contribution in [0.2, 0.25) is 5.02 Å². The third kappa shape index (κ3) is 4.76. The number of halogens is 1. The molecule has 1 radical (unpaired) electrons. The molecule has 2 N–H and O–H groups in total. The van der Waals surface area contributed by atoms with E-state index in [1.807, 2.05) is 12.1 Å². The topological polar surface area (TPSA) is 41.1 Å². The number of carbonyl (C=O) groups excluding carboxylic acids is 1. The fourth-order valence-electron chi connectivity index (χ4n) is 1.07. The number of rotatable bonds is 5. The maximum absolute atomic E-state index is 11.2. The van der Waals surface area contributed by atoms with Gasteiger partial charge in [-0.05, 0) is 24.1 Å². The molecular formula is C10H10ClN2OS. The number of aryl methyl sites for hydroxylation is 1. The van der Waals surface area contributed by atoms with Crippen LogP contribution in [0.4, 0.5) is 0 Å². The minimum Gasteiger partial charge on any atom is -0.286 e. The number of hydrogen-bond donors (Lipinski definition) is 2. The first-order chi connectivity index (χ1) is 7.22. The molecule has 0 aliphatic carbocycles. The molecule has 0 atom stereocenters. The molecule has 0 aromatic heterocycles. The zero-order valence-electron chi connectivity index (χ0n) is 7.92. The van der Waals surface area contributed by atoms with E-state index in [1.165, 1.54) is 0 Å². The van der Waals surface area contributed by atoms with Crippen LogP contribution in [0.15, 0.2) is 24.3 Å². The highest BCUT2D eigenvalue weighted by molar-refractivity contribution is 7.78. The zero-order valence-corrected chi connectivity index (χ0v) is 9.49. The molecule has 79 valence electrons. The maximum Gasteiger partial charge on any atom is 0.238 e. The van der Waals surface area contributed by atoms with Gasteiger partial charge in [-0.1, -0.05) is 36.0 Å². The van der Waals surface area contributed by atoms with Crippen molar-refractivity contribution in [2.75, 3.05) is 0 Å². The van der Waals surface area contributed by atoms with E-state index < -0.39 is 0 Å². The predicted octanol–water partition coefficient (Wildman–Crippen LogP) is 1.73. The van der Waals surface area contributed by atoms with Crippen molar-refractivity contribution < 1.29 is 4.79 Å². The standard InChI is InChI=1S/C10H10ClN2OS/c11-9-4-1-8(2-5-9)3-6-10(14)13-12-7-15/h1-2,4-5H,3,6H2,(H,12,15)(H,13,14). The second-order valence-corrected chi connectivity index (χ2v) is 3.54. The van der Waals surface area contributed by atoms with Crippen LogP contribution in [0.25, 0.3) is 0 Å². The van der Waals surface area contributed by atoms with Gasteiger partial charge in [0.15, 0.2) is 5.49 Å². The minimum absolute atomic E-state index is 0.123. The lowest BCUT2D eigenvalue weighted by Crippen LogP contribution is -2.35. The summed E-state index contributed by atoms with van der Waals surface area (Å²) in [7, 11) is 0. The van der Waals surface area contributed by atoms with Crippen molar-refractivity contribution in [2.24, 2.45) is 0 Å². The van der Waals surface area contributed by atoms with E-state index in [1.54, 1.807) is 12.1 Å². The molecule has 1 rings (SSSR count). The van der Waals surface area contributed by atoms with Crippen LogP contribution < -0.4 is 10.9 Å². The van der Waals surface area contributed by atoms with Crippen molar-refractivity contribution in [3.8, 4) is 0 Å². The molecule has 3 nitrogen and oxygen atoms in total. The molecule has 0 unspecified atom stereocenters. The van der Waals surface area contributed by atoms with E-state index >= 15 is 0 Å². The molecule has 1 aromatic rings. The van der Waals surface area contributed by atoms with E-state index in [-0.39, 0.29) is 5.91 Å². The van der Waals surface area contributed by atoms with Crippen molar-refractivity contribution in [3.05, 3.63) is 34.9 Å². The van der Waals surface area contributed by atoms with Crippen LogP contribution in [0.1, 0.15) is 12.0 Å². The average molecular weight is 242 g/mol. The fourth-order valence-corrected chi connectivity index (χ4v) is 1.24. The lowest BCUT2D eigenvalue weighted by Gasteiger charge is -2.03. The van der Waals surface area contributed by atoms with Crippen molar-refractivity contribution in [3.63, 3.8) is 0 Å². The molecular weight excluding hydrogens is 232 g/mol. The molecule has 15 heavy (non-hydrogen) atoms. The number of nitrogens with one attached hydrogen (secondary N) is 2. The van der Waals surface area contributed by atoms with Crippen LogP contribution in [0, 0.1) is 0 Å². The van der Waals surface area contributed by atoms with E-state index in [9.17, 15) is 4.79 Å². The highest BCUT2D eigenvalue weighted by Crippen LogP contribution is 2.10. The number of hydrogen-bond acceptors (Lipinski definition) is 2. The summed E-state index contributed by atoms with van der Waals surface area (Å²) in [6.45, 7) is 0. The van der Waals surface area contributed by atoms with Gasteiger partial charge >= 0.3 is 0 Å². The summed E-state index contributed by atoms with van der Waals surface area (Å²) in [5.41, 5.74) is 7.98. The fraction of sp³-hybridized carbons (Fsp3) is 0.200. The SMILES string of the molecule is O=C(CCc1ccc(Cl)cc1)NN[C]=S. The third-order valence-corrected chi connectivity index (χ3v) is 2.16. The molecule has 0 fully saturated rings. The van der Waals surface area contributed by atoms with Gasteiger partial charge in [0.05, 0.1) is 0 Å². The van der Waals surface area contributed by atoms with Crippen molar-refractivity contribution in [1.29, 1.82) is 0 Å². The first-order valence-electron chi connectivity index (χ1n) is 4.38. The highest BCUT2D eigenvalue weighted by atomic mass is 35.5. The minimum atomic E-state index is -0.123. The van der Waals surface area contributed by atoms with Gasteiger partial charge in [-0.25, -0.2) is 0 Å². The first kappa shape index (κ1) is 11.9. The molecule has 0 heterocycles. The summed E-state index contributed by atoms with van der Waals surface area (Å²) in [5.74, 6) is -0.123. The highest BCUT2D eigenvalue weighted by Gasteiger charge is 2.00. The van der Waals surface area contributed by atoms with Crippen LogP contribution in [0.3, 0.4) is 0 Å². The monoisotopic (exact) mass is 241 g/mol. The van der Waals surface area contributed by atoms with Crippen LogP contribution >= 0.6 is 23.8 Å². The smallest absolute Gasteiger partial charge is 0.238 e. The van der Waals surface area contributed by atoms with Crippen LogP contribution in [-0.4, -0.2) is 11.4 Å². The molecule has 0 bridgehead atoms. The van der Waals surface area contributed by atoms with E-state index in [0.717, 1.165) is 5.56 Å². The van der Waals surface area contributed by atoms with E-state index in [0.29, 0.717) is 17.9 Å². The van der Waals surface area contributed by atoms with E-state index in [4.69, 9.17) is 11.6 Å². The van der Waals surface area contributed by atoms with Gasteiger partial charge < -0.3 is 0 Å². The summed E-state index contributed by atoms with van der Waals surface area (Å²) in [4.78, 5) is 11.2. The number of benzene rings is 1. The summed E-state index contributed by atoms with van der Waals surface area (Å²) in [6, 6.07) is 7.40. The van der Waals surface area contributed by atoms with Gasteiger partial charge in [0.2, 0.25) is 5.91 Å². The van der Waals surface area contributed by atoms with E-state index in [2.05, 4.69) is 28.6 Å². The molecule has 0 aliphatic heterocycles. The molecule has 0 saturated heterocycles. The summed E-state index contributed by atoms with van der Waals surface area (Å²) in [6.07, 6.45) is 1.06. The molecule has 0 saturated carbocycles. The van der Waals surface area contributed by atoms with Gasteiger partial charge in [0.1, 0.15) is 0 Å². The summed E-state index contributed by atoms with van der Waals surface area (Å²) < 4.78 is 0. The zero-order chi connectivity index (χ0) is 11.1. The maximum atomic E-state index is 11.2. The van der Waals surface area contributed by atoms with Crippen LogP contribution in [0.5, 0.6) is 0 Å². The number of hydrazine groups is 1. The Hall–Kier alpha value is -1.13. The van der Waals surface area contributed by atoms with Crippen LogP contribution in [-0.2, 0) is 11.2 Å². The Kier molecular flexibility index (Phi) is 5.07. The Morgan fingerprint density at radius 1 is 1.40 bits per heavy atom. The van der Waals surface area contributed by atoms with Crippen molar-refractivity contribution >= 4 is 35.2 Å². The van der Waals surface area contributed by atoms with Gasteiger partial charge in [-0.2, -0.15) is 0 Å². The van der Waals surface area contributed by atoms with Gasteiger partial charge in [-0.15, -0.1) is 0 Å². The molecule has 5 heteroatoms. The lowest BCUT2D eigenvalue weighted by atomic mass is 10.1. The van der Waals surface area contributed by atoms with Crippen molar-refractivity contribution in [2.45, 2.75) is 12.8 Å². The lowest BCUT2D eigenvalue weighted by molar-refractivity contribution is -0.121. The molecule has 0 aliphatic rings. The Labute approximate surface area is 98.8 Å². The second-order valence-electron chi connectivity index (χ2n) is 2.90. The summed E-state index contributed by atoms with van der Waals surface area (Å²) >= 11 is 10.1. The second kappa shape index (κ2) is 6.37. The number of amides is 1. The average Bonchev–Trinajstić information content (AvgIpc) is 2.25. The largest absolute Gasteiger partial charge is 0.286 e. The normalized spacial score (nSPS) is 9.40. The quantitative estimate of drug-likeness (QED) is 0.469. The Morgan fingerprint density at radius 2 is 2.07 bits per heavy atom. The Morgan fingerprint density at radius 3 is 2.67 bits per heavy atom. The molecule has 1 amide bonds. The number of carbonyl (C=O) groups is 1. The Balaban J connectivity index is 2.33. The number of thiocarbonyl (C=S) groups is 1.